The number of pyridine rings is 1. The fraction of sp³-hybridized carbons (Fsp3) is 0.389. The maximum absolute atomic E-state index is 11.8. The van der Waals surface area contributed by atoms with E-state index in [0.29, 0.717) is 11.7 Å². The lowest BCUT2D eigenvalue weighted by Gasteiger charge is -2.19. The highest BCUT2D eigenvalue weighted by atomic mass is 32.1. The maximum Gasteiger partial charge on any atom is 0.413 e. The smallest absolute Gasteiger partial charge is 0.413 e. The fourth-order valence-corrected chi connectivity index (χ4v) is 2.69. The molecule has 2 aromatic rings. The van der Waals surface area contributed by atoms with Crippen molar-refractivity contribution < 1.29 is 9.53 Å². The van der Waals surface area contributed by atoms with Crippen molar-refractivity contribution in [3.63, 3.8) is 0 Å². The minimum atomic E-state index is -0.541. The van der Waals surface area contributed by atoms with Gasteiger partial charge in [-0.3, -0.25) is 5.32 Å². The second-order valence-electron chi connectivity index (χ2n) is 6.67. The van der Waals surface area contributed by atoms with Crippen molar-refractivity contribution in [2.24, 2.45) is 0 Å². The SMILES string of the molecule is CC(C)c1csc(/C=C/c2cccc(NC(=O)OC(C)(C)C)n2)n1. The van der Waals surface area contributed by atoms with Crippen LogP contribution in [0.15, 0.2) is 23.6 Å². The van der Waals surface area contributed by atoms with E-state index in [0.717, 1.165) is 16.4 Å². The standard InChI is InChI=1S/C18H23N3O2S/c1-12(2)14-11-24-16(20-14)10-9-13-7-6-8-15(19-13)21-17(22)23-18(3,4)5/h6-12H,1-5H3,(H,19,21,22)/b10-9+. The van der Waals surface area contributed by atoms with E-state index in [1.165, 1.54) is 0 Å². The molecule has 0 fully saturated rings. The Balaban J connectivity index is 2.04. The lowest BCUT2D eigenvalue weighted by atomic mass is 10.2. The van der Waals surface area contributed by atoms with Gasteiger partial charge in [-0.15, -0.1) is 11.3 Å². The fourth-order valence-electron chi connectivity index (χ4n) is 1.82. The van der Waals surface area contributed by atoms with Crippen molar-refractivity contribution in [2.75, 3.05) is 5.32 Å². The molecular weight excluding hydrogens is 322 g/mol. The first-order valence-corrected chi connectivity index (χ1v) is 8.71. The second kappa shape index (κ2) is 7.57. The summed E-state index contributed by atoms with van der Waals surface area (Å²) in [5, 5.41) is 5.64. The van der Waals surface area contributed by atoms with Crippen molar-refractivity contribution >= 4 is 35.4 Å². The third-order valence-electron chi connectivity index (χ3n) is 2.93. The Hall–Kier alpha value is -2.21. The predicted molar refractivity (Wildman–Crippen MR) is 99.2 cm³/mol. The van der Waals surface area contributed by atoms with Crippen LogP contribution in [0, 0.1) is 0 Å². The summed E-state index contributed by atoms with van der Waals surface area (Å²) in [5.74, 6) is 0.872. The van der Waals surface area contributed by atoms with Gasteiger partial charge in [0.25, 0.3) is 0 Å². The van der Waals surface area contributed by atoms with Crippen molar-refractivity contribution in [1.82, 2.24) is 9.97 Å². The van der Waals surface area contributed by atoms with Crippen LogP contribution in [0.2, 0.25) is 0 Å². The van der Waals surface area contributed by atoms with Gasteiger partial charge in [-0.2, -0.15) is 0 Å². The number of thiazole rings is 1. The van der Waals surface area contributed by atoms with Gasteiger partial charge in [-0.05, 0) is 51.0 Å². The van der Waals surface area contributed by atoms with Gasteiger partial charge in [-0.1, -0.05) is 19.9 Å². The minimum Gasteiger partial charge on any atom is -0.444 e. The van der Waals surface area contributed by atoms with Crippen LogP contribution in [0.3, 0.4) is 0 Å². The Labute approximate surface area is 146 Å². The van der Waals surface area contributed by atoms with Crippen molar-refractivity contribution in [3.05, 3.63) is 40.0 Å². The molecule has 6 heteroatoms. The molecule has 0 bridgehead atoms. The Bertz CT molecular complexity index is 730. The molecule has 0 radical (unpaired) electrons. The van der Waals surface area contributed by atoms with Crippen LogP contribution in [-0.2, 0) is 4.74 Å². The molecule has 0 aliphatic rings. The van der Waals surface area contributed by atoms with E-state index < -0.39 is 11.7 Å². The first kappa shape index (κ1) is 18.1. The van der Waals surface area contributed by atoms with Gasteiger partial charge in [0.05, 0.1) is 11.4 Å². The van der Waals surface area contributed by atoms with Crippen LogP contribution in [0.4, 0.5) is 10.6 Å². The molecule has 0 spiro atoms. The summed E-state index contributed by atoms with van der Waals surface area (Å²) in [4.78, 5) is 20.7. The molecule has 2 aromatic heterocycles. The van der Waals surface area contributed by atoms with Crippen molar-refractivity contribution in [3.8, 4) is 0 Å². The number of hydrogen-bond acceptors (Lipinski definition) is 5. The minimum absolute atomic E-state index is 0.419. The first-order valence-electron chi connectivity index (χ1n) is 7.83. The largest absolute Gasteiger partial charge is 0.444 e. The second-order valence-corrected chi connectivity index (χ2v) is 7.56. The lowest BCUT2D eigenvalue weighted by molar-refractivity contribution is 0.0635. The number of anilines is 1. The molecule has 0 aliphatic carbocycles. The van der Waals surface area contributed by atoms with Crippen LogP contribution in [0.25, 0.3) is 12.2 Å². The van der Waals surface area contributed by atoms with E-state index in [1.807, 2.05) is 45.1 Å². The van der Waals surface area contributed by atoms with Crippen LogP contribution in [0.1, 0.15) is 56.9 Å². The Kier molecular flexibility index (Phi) is 5.72. The first-order chi connectivity index (χ1) is 11.2. The van der Waals surface area contributed by atoms with Gasteiger partial charge < -0.3 is 4.74 Å². The van der Waals surface area contributed by atoms with E-state index in [2.05, 4.69) is 34.5 Å². The monoisotopic (exact) mass is 345 g/mol. The van der Waals surface area contributed by atoms with E-state index in [4.69, 9.17) is 4.74 Å². The predicted octanol–water partition coefficient (Wildman–Crippen LogP) is 5.18. The quantitative estimate of drug-likeness (QED) is 0.829. The molecule has 0 unspecified atom stereocenters. The van der Waals surface area contributed by atoms with Crippen molar-refractivity contribution in [1.29, 1.82) is 0 Å². The third-order valence-corrected chi connectivity index (χ3v) is 3.76. The molecule has 1 N–H and O–H groups in total. The third kappa shape index (κ3) is 5.77. The van der Waals surface area contributed by atoms with E-state index in [-0.39, 0.29) is 0 Å². The molecule has 1 amide bonds. The molecule has 128 valence electrons. The highest BCUT2D eigenvalue weighted by molar-refractivity contribution is 7.10. The van der Waals surface area contributed by atoms with Gasteiger partial charge in [0.1, 0.15) is 16.4 Å². The number of ether oxygens (including phenoxy) is 1. The summed E-state index contributed by atoms with van der Waals surface area (Å²) in [6, 6.07) is 5.43. The number of amides is 1. The Morgan fingerprint density at radius 2 is 2.00 bits per heavy atom. The number of carbonyl (C=O) groups excluding carboxylic acids is 1. The normalized spacial score (nSPS) is 11.9. The highest BCUT2D eigenvalue weighted by Gasteiger charge is 2.16. The average Bonchev–Trinajstić information content (AvgIpc) is 2.92. The van der Waals surface area contributed by atoms with Crippen molar-refractivity contribution in [2.45, 2.75) is 46.1 Å². The lowest BCUT2D eigenvalue weighted by Crippen LogP contribution is -2.27. The zero-order valence-corrected chi connectivity index (χ0v) is 15.5. The van der Waals surface area contributed by atoms with Gasteiger partial charge in [0, 0.05) is 5.38 Å². The summed E-state index contributed by atoms with van der Waals surface area (Å²) in [7, 11) is 0. The number of nitrogens with zero attached hydrogens (tertiary/aromatic N) is 2. The molecule has 2 heterocycles. The van der Waals surface area contributed by atoms with Crippen LogP contribution in [-0.4, -0.2) is 21.7 Å². The number of nitrogens with one attached hydrogen (secondary N) is 1. The molecular formula is C18H23N3O2S. The van der Waals surface area contributed by atoms with Gasteiger partial charge in [0.2, 0.25) is 0 Å². The van der Waals surface area contributed by atoms with Crippen LogP contribution < -0.4 is 5.32 Å². The Morgan fingerprint density at radius 3 is 2.62 bits per heavy atom. The van der Waals surface area contributed by atoms with E-state index in [1.54, 1.807) is 17.4 Å². The Morgan fingerprint density at radius 1 is 1.25 bits per heavy atom. The number of aromatic nitrogens is 2. The molecule has 0 saturated carbocycles. The highest BCUT2D eigenvalue weighted by Crippen LogP contribution is 2.19. The number of hydrogen-bond donors (Lipinski definition) is 1. The summed E-state index contributed by atoms with van der Waals surface area (Å²) < 4.78 is 5.22. The van der Waals surface area contributed by atoms with Gasteiger partial charge in [0.15, 0.2) is 0 Å². The molecule has 0 aliphatic heterocycles. The van der Waals surface area contributed by atoms with Crippen LogP contribution >= 0.6 is 11.3 Å². The number of rotatable bonds is 4. The zero-order valence-electron chi connectivity index (χ0n) is 14.7. The molecule has 0 saturated heterocycles. The molecule has 0 aromatic carbocycles. The van der Waals surface area contributed by atoms with Crippen LogP contribution in [0.5, 0.6) is 0 Å². The summed E-state index contributed by atoms with van der Waals surface area (Å²) in [5.41, 5.74) is 1.29. The number of carbonyl (C=O) groups is 1. The van der Waals surface area contributed by atoms with Gasteiger partial charge >= 0.3 is 6.09 Å². The molecule has 24 heavy (non-hydrogen) atoms. The summed E-state index contributed by atoms with van der Waals surface area (Å²) in [6.07, 6.45) is 3.29. The summed E-state index contributed by atoms with van der Waals surface area (Å²) >= 11 is 1.60. The average molecular weight is 345 g/mol. The zero-order chi connectivity index (χ0) is 17.7. The molecule has 2 rings (SSSR count). The topological polar surface area (TPSA) is 64.1 Å². The molecule has 5 nitrogen and oxygen atoms in total. The van der Waals surface area contributed by atoms with E-state index >= 15 is 0 Å². The van der Waals surface area contributed by atoms with E-state index in [9.17, 15) is 4.79 Å². The molecule has 0 atom stereocenters. The van der Waals surface area contributed by atoms with Gasteiger partial charge in [-0.25, -0.2) is 14.8 Å². The summed E-state index contributed by atoms with van der Waals surface area (Å²) in [6.45, 7) is 9.70. The maximum atomic E-state index is 11.8.